The number of thiophene rings is 1. The molecule has 1 aliphatic heterocycles. The molecule has 7 heteroatoms. The van der Waals surface area contributed by atoms with Crippen molar-refractivity contribution in [1.82, 2.24) is 10.2 Å². The molecule has 0 saturated carbocycles. The van der Waals surface area contributed by atoms with Crippen molar-refractivity contribution in [2.24, 2.45) is 5.92 Å². The van der Waals surface area contributed by atoms with Crippen molar-refractivity contribution in [3.8, 4) is 0 Å². The minimum Gasteiger partial charge on any atom is -0.347 e. The number of rotatable bonds is 4. The van der Waals surface area contributed by atoms with Crippen LogP contribution in [-0.2, 0) is 11.3 Å². The molecule has 1 fully saturated rings. The van der Waals surface area contributed by atoms with Crippen LogP contribution in [0.4, 0.5) is 13.2 Å². The molecule has 1 amide bonds. The highest BCUT2D eigenvalue weighted by Crippen LogP contribution is 2.22. The first kappa shape index (κ1) is 16.3. The number of hydrogen-bond donors (Lipinski definition) is 1. The molecular formula is C14H19F3N2OS. The summed E-state index contributed by atoms with van der Waals surface area (Å²) < 4.78 is 36.4. The van der Waals surface area contributed by atoms with Gasteiger partial charge in [-0.15, -0.1) is 11.3 Å². The van der Waals surface area contributed by atoms with E-state index >= 15 is 0 Å². The fourth-order valence-electron chi connectivity index (χ4n) is 2.54. The molecule has 1 atom stereocenters. The molecular weight excluding hydrogens is 301 g/mol. The second kappa shape index (κ2) is 6.79. The molecule has 0 bridgehead atoms. The molecule has 1 N–H and O–H groups in total. The minimum atomic E-state index is -4.35. The standard InChI is InChI=1S/C14H19F3N2OS/c1-10-4-5-12(21-10)8-19-6-2-3-11(7-19)13(20)18-9-14(15,16)17/h4-5,11H,2-3,6-9H2,1H3,(H,18,20). The Morgan fingerprint density at radius 3 is 2.86 bits per heavy atom. The molecule has 0 aliphatic carbocycles. The molecule has 1 aliphatic rings. The van der Waals surface area contributed by atoms with Gasteiger partial charge >= 0.3 is 6.18 Å². The highest BCUT2D eigenvalue weighted by molar-refractivity contribution is 7.11. The van der Waals surface area contributed by atoms with Crippen LogP contribution in [0.5, 0.6) is 0 Å². The van der Waals surface area contributed by atoms with Crippen LogP contribution >= 0.6 is 11.3 Å². The minimum absolute atomic E-state index is 0.345. The number of hydrogen-bond acceptors (Lipinski definition) is 3. The van der Waals surface area contributed by atoms with Crippen LogP contribution in [0.1, 0.15) is 22.6 Å². The van der Waals surface area contributed by atoms with Crippen LogP contribution < -0.4 is 5.32 Å². The highest BCUT2D eigenvalue weighted by atomic mass is 32.1. The fraction of sp³-hybridized carbons (Fsp3) is 0.643. The molecule has 1 saturated heterocycles. The van der Waals surface area contributed by atoms with E-state index in [4.69, 9.17) is 0 Å². The van der Waals surface area contributed by atoms with Crippen molar-refractivity contribution in [1.29, 1.82) is 0 Å². The zero-order chi connectivity index (χ0) is 15.5. The molecule has 2 heterocycles. The molecule has 118 valence electrons. The number of piperidine rings is 1. The maximum atomic E-state index is 12.1. The third-order valence-corrected chi connectivity index (χ3v) is 4.50. The Bertz CT molecular complexity index is 487. The van der Waals surface area contributed by atoms with Gasteiger partial charge in [0.1, 0.15) is 6.54 Å². The predicted octanol–water partition coefficient (Wildman–Crippen LogP) is 2.95. The summed E-state index contributed by atoms with van der Waals surface area (Å²) in [4.78, 5) is 16.4. The van der Waals surface area contributed by atoms with Gasteiger partial charge < -0.3 is 5.32 Å². The first-order valence-electron chi connectivity index (χ1n) is 6.95. The first-order valence-corrected chi connectivity index (χ1v) is 7.77. The third kappa shape index (κ3) is 5.32. The number of halogens is 3. The van der Waals surface area contributed by atoms with Crippen molar-refractivity contribution >= 4 is 17.2 Å². The number of likely N-dealkylation sites (tertiary alicyclic amines) is 1. The van der Waals surface area contributed by atoms with E-state index < -0.39 is 18.6 Å². The smallest absolute Gasteiger partial charge is 0.347 e. The Morgan fingerprint density at radius 1 is 1.48 bits per heavy atom. The summed E-state index contributed by atoms with van der Waals surface area (Å²) in [5.74, 6) is -0.832. The van der Waals surface area contributed by atoms with Gasteiger partial charge in [0.05, 0.1) is 5.92 Å². The summed E-state index contributed by atoms with van der Waals surface area (Å²) in [5.41, 5.74) is 0. The molecule has 3 nitrogen and oxygen atoms in total. The number of nitrogens with zero attached hydrogens (tertiary/aromatic N) is 1. The Labute approximate surface area is 126 Å². The van der Waals surface area contributed by atoms with Gasteiger partial charge in [-0.3, -0.25) is 9.69 Å². The fourth-order valence-corrected chi connectivity index (χ4v) is 3.47. The van der Waals surface area contributed by atoms with E-state index in [-0.39, 0.29) is 5.92 Å². The predicted molar refractivity (Wildman–Crippen MR) is 76.1 cm³/mol. The lowest BCUT2D eigenvalue weighted by molar-refractivity contribution is -0.141. The van der Waals surface area contributed by atoms with E-state index in [1.807, 2.05) is 12.2 Å². The van der Waals surface area contributed by atoms with Gasteiger partial charge in [0.2, 0.25) is 5.91 Å². The Morgan fingerprint density at radius 2 is 2.24 bits per heavy atom. The van der Waals surface area contributed by atoms with E-state index in [2.05, 4.69) is 17.0 Å². The van der Waals surface area contributed by atoms with E-state index in [0.717, 1.165) is 19.5 Å². The lowest BCUT2D eigenvalue weighted by atomic mass is 9.97. The number of alkyl halides is 3. The van der Waals surface area contributed by atoms with Crippen molar-refractivity contribution in [3.63, 3.8) is 0 Å². The maximum Gasteiger partial charge on any atom is 0.405 e. The topological polar surface area (TPSA) is 32.3 Å². The van der Waals surface area contributed by atoms with Gasteiger partial charge in [0.25, 0.3) is 0 Å². The van der Waals surface area contributed by atoms with Crippen LogP contribution in [-0.4, -0.2) is 36.6 Å². The summed E-state index contributed by atoms with van der Waals surface area (Å²) in [6.45, 7) is 2.98. The van der Waals surface area contributed by atoms with Gasteiger partial charge in [-0.2, -0.15) is 13.2 Å². The van der Waals surface area contributed by atoms with Crippen LogP contribution in [0.3, 0.4) is 0 Å². The Hall–Kier alpha value is -1.08. The highest BCUT2D eigenvalue weighted by Gasteiger charge is 2.31. The van der Waals surface area contributed by atoms with Crippen LogP contribution in [0.25, 0.3) is 0 Å². The van der Waals surface area contributed by atoms with Crippen molar-refractivity contribution in [3.05, 3.63) is 21.9 Å². The third-order valence-electron chi connectivity index (χ3n) is 3.51. The molecule has 1 unspecified atom stereocenters. The number of nitrogens with one attached hydrogen (secondary N) is 1. The zero-order valence-corrected chi connectivity index (χ0v) is 12.7. The van der Waals surface area contributed by atoms with Gasteiger partial charge in [0.15, 0.2) is 0 Å². The number of aryl methyl sites for hydroxylation is 1. The molecule has 0 spiro atoms. The summed E-state index contributed by atoms with van der Waals surface area (Å²) >= 11 is 1.71. The van der Waals surface area contributed by atoms with Gasteiger partial charge in [-0.25, -0.2) is 0 Å². The van der Waals surface area contributed by atoms with E-state index in [0.29, 0.717) is 13.0 Å². The number of carbonyl (C=O) groups is 1. The van der Waals surface area contributed by atoms with Crippen molar-refractivity contribution in [2.75, 3.05) is 19.6 Å². The second-order valence-corrected chi connectivity index (χ2v) is 6.79. The Kier molecular flexibility index (Phi) is 5.27. The van der Waals surface area contributed by atoms with E-state index in [1.54, 1.807) is 11.3 Å². The molecule has 0 aromatic carbocycles. The lowest BCUT2D eigenvalue weighted by Crippen LogP contribution is -2.44. The van der Waals surface area contributed by atoms with Gasteiger partial charge in [0, 0.05) is 22.8 Å². The van der Waals surface area contributed by atoms with Gasteiger partial charge in [-0.1, -0.05) is 0 Å². The Balaban J connectivity index is 1.84. The van der Waals surface area contributed by atoms with Gasteiger partial charge in [-0.05, 0) is 38.4 Å². The lowest BCUT2D eigenvalue weighted by Gasteiger charge is -2.31. The second-order valence-electron chi connectivity index (χ2n) is 5.42. The quantitative estimate of drug-likeness (QED) is 0.925. The van der Waals surface area contributed by atoms with E-state index in [1.165, 1.54) is 9.75 Å². The molecule has 0 radical (unpaired) electrons. The maximum absolute atomic E-state index is 12.1. The molecule has 1 aromatic heterocycles. The summed E-state index contributed by atoms with van der Waals surface area (Å²) in [5, 5.41) is 1.99. The van der Waals surface area contributed by atoms with Crippen LogP contribution in [0, 0.1) is 12.8 Å². The SMILES string of the molecule is Cc1ccc(CN2CCCC(C(=O)NCC(F)(F)F)C2)s1. The summed E-state index contributed by atoms with van der Waals surface area (Å²) in [6, 6.07) is 4.12. The van der Waals surface area contributed by atoms with Crippen molar-refractivity contribution in [2.45, 2.75) is 32.5 Å². The van der Waals surface area contributed by atoms with E-state index in [9.17, 15) is 18.0 Å². The number of carbonyl (C=O) groups excluding carboxylic acids is 1. The normalized spacial score (nSPS) is 20.5. The first-order chi connectivity index (χ1) is 9.83. The molecule has 2 rings (SSSR count). The van der Waals surface area contributed by atoms with Crippen LogP contribution in [0.2, 0.25) is 0 Å². The average Bonchev–Trinajstić information content (AvgIpc) is 2.81. The zero-order valence-electron chi connectivity index (χ0n) is 11.9. The largest absolute Gasteiger partial charge is 0.405 e. The average molecular weight is 320 g/mol. The number of amides is 1. The monoisotopic (exact) mass is 320 g/mol. The molecule has 1 aromatic rings. The van der Waals surface area contributed by atoms with Crippen LogP contribution in [0.15, 0.2) is 12.1 Å². The molecule has 21 heavy (non-hydrogen) atoms. The summed E-state index contributed by atoms with van der Waals surface area (Å²) in [6.07, 6.45) is -2.85. The summed E-state index contributed by atoms with van der Waals surface area (Å²) in [7, 11) is 0. The van der Waals surface area contributed by atoms with Crippen molar-refractivity contribution < 1.29 is 18.0 Å².